The van der Waals surface area contributed by atoms with E-state index in [0.29, 0.717) is 22.8 Å². The topological polar surface area (TPSA) is 71.4 Å². The standard InChI is InChI=1S/C32H27N3O4/c1-38-26-20-18-24(19-21-26)34-29(23-14-8-4-9-15-23)32(31(34)37)27(30(36)39-2)28(22-12-6-3-7-13-22)33-35(32)25-16-10-5-11-17-25/h3-21,27,29H,1-2H3/t27?,29-,32-/m1/s1. The highest BCUT2D eigenvalue weighted by molar-refractivity contribution is 6.25. The molecule has 1 spiro atoms. The lowest BCUT2D eigenvalue weighted by Gasteiger charge is -2.58. The number of β-lactam (4-membered cyclic amide) rings is 1. The van der Waals surface area contributed by atoms with E-state index in [2.05, 4.69) is 0 Å². The monoisotopic (exact) mass is 517 g/mol. The number of hydrogen-bond acceptors (Lipinski definition) is 6. The highest BCUT2D eigenvalue weighted by Gasteiger charge is 2.74. The molecule has 0 radical (unpaired) electrons. The Bertz CT molecular complexity index is 1520. The van der Waals surface area contributed by atoms with Crippen LogP contribution in [0.5, 0.6) is 5.75 Å². The van der Waals surface area contributed by atoms with E-state index in [1.807, 2.05) is 115 Å². The van der Waals surface area contributed by atoms with Gasteiger partial charge in [-0.1, -0.05) is 78.9 Å². The van der Waals surface area contributed by atoms with Crippen LogP contribution in [0.2, 0.25) is 0 Å². The predicted molar refractivity (Wildman–Crippen MR) is 150 cm³/mol. The van der Waals surface area contributed by atoms with E-state index in [9.17, 15) is 9.59 Å². The van der Waals surface area contributed by atoms with Gasteiger partial charge in [-0.05, 0) is 47.5 Å². The van der Waals surface area contributed by atoms with Crippen molar-refractivity contribution in [2.24, 2.45) is 11.0 Å². The first kappa shape index (κ1) is 24.4. The molecule has 6 rings (SSSR count). The van der Waals surface area contributed by atoms with Crippen molar-refractivity contribution in [3.63, 3.8) is 0 Å². The van der Waals surface area contributed by atoms with Gasteiger partial charge in [-0.25, -0.2) is 5.01 Å². The Morgan fingerprint density at radius 2 is 1.36 bits per heavy atom. The highest BCUT2D eigenvalue weighted by atomic mass is 16.5. The average molecular weight is 518 g/mol. The highest BCUT2D eigenvalue weighted by Crippen LogP contribution is 2.58. The lowest BCUT2D eigenvalue weighted by Crippen LogP contribution is -2.78. The van der Waals surface area contributed by atoms with Gasteiger partial charge < -0.3 is 9.47 Å². The maximum atomic E-state index is 14.7. The number of para-hydroxylation sites is 1. The van der Waals surface area contributed by atoms with Crippen LogP contribution in [0.1, 0.15) is 17.2 Å². The number of ether oxygens (including phenoxy) is 2. The number of nitrogens with zero attached hydrogens (tertiary/aromatic N) is 3. The number of rotatable bonds is 6. The van der Waals surface area contributed by atoms with Gasteiger partial charge in [0, 0.05) is 5.69 Å². The summed E-state index contributed by atoms with van der Waals surface area (Å²) in [5.41, 5.74) is 2.16. The number of amides is 1. The zero-order chi connectivity index (χ0) is 27.0. The number of esters is 1. The molecule has 0 aromatic heterocycles. The molecule has 0 N–H and O–H groups in total. The molecule has 4 aromatic carbocycles. The number of carbonyl (C=O) groups is 2. The van der Waals surface area contributed by atoms with E-state index in [4.69, 9.17) is 14.6 Å². The van der Waals surface area contributed by atoms with Crippen LogP contribution in [0, 0.1) is 5.92 Å². The van der Waals surface area contributed by atoms with Gasteiger partial charge in [-0.3, -0.25) is 14.5 Å². The molecule has 1 saturated heterocycles. The van der Waals surface area contributed by atoms with Gasteiger partial charge >= 0.3 is 5.97 Å². The summed E-state index contributed by atoms with van der Waals surface area (Å²) in [6.07, 6.45) is 0. The molecular formula is C32H27N3O4. The predicted octanol–water partition coefficient (Wildman–Crippen LogP) is 5.24. The van der Waals surface area contributed by atoms with Crippen LogP contribution in [-0.2, 0) is 14.3 Å². The number of anilines is 2. The van der Waals surface area contributed by atoms with Crippen molar-refractivity contribution in [3.8, 4) is 5.75 Å². The molecule has 7 nitrogen and oxygen atoms in total. The number of benzene rings is 4. The van der Waals surface area contributed by atoms with Gasteiger partial charge in [0.2, 0.25) is 0 Å². The SMILES string of the molecule is COC(=O)C1C(c2ccccc2)=NN(c2ccccc2)[C@]12C(=O)N(c1ccc(OC)cc1)[C@@H]2c1ccccc1. The number of methoxy groups -OCH3 is 2. The van der Waals surface area contributed by atoms with Gasteiger partial charge in [-0.2, -0.15) is 5.10 Å². The van der Waals surface area contributed by atoms with Gasteiger partial charge in [-0.15, -0.1) is 0 Å². The lowest BCUT2D eigenvalue weighted by molar-refractivity contribution is -0.151. The summed E-state index contributed by atoms with van der Waals surface area (Å²) in [6.45, 7) is 0. The molecule has 2 heterocycles. The Labute approximate surface area is 226 Å². The lowest BCUT2D eigenvalue weighted by atomic mass is 9.64. The third kappa shape index (κ3) is 3.69. The van der Waals surface area contributed by atoms with Crippen LogP contribution in [0.15, 0.2) is 120 Å². The molecule has 0 aliphatic carbocycles. The molecule has 1 amide bonds. The van der Waals surface area contributed by atoms with Crippen molar-refractivity contribution in [3.05, 3.63) is 126 Å². The van der Waals surface area contributed by atoms with E-state index in [1.165, 1.54) is 7.11 Å². The first-order chi connectivity index (χ1) is 19.1. The van der Waals surface area contributed by atoms with Crippen molar-refractivity contribution >= 4 is 29.0 Å². The Morgan fingerprint density at radius 1 is 0.769 bits per heavy atom. The summed E-state index contributed by atoms with van der Waals surface area (Å²) in [7, 11) is 2.96. The summed E-state index contributed by atoms with van der Waals surface area (Å²) >= 11 is 0. The molecule has 2 aliphatic rings. The fraction of sp³-hybridized carbons (Fsp3) is 0.156. The minimum Gasteiger partial charge on any atom is -0.497 e. The van der Waals surface area contributed by atoms with Crippen LogP contribution in [0.3, 0.4) is 0 Å². The summed E-state index contributed by atoms with van der Waals surface area (Å²) < 4.78 is 10.7. The summed E-state index contributed by atoms with van der Waals surface area (Å²) in [6, 6.07) is 35.6. The molecule has 0 bridgehead atoms. The zero-order valence-electron chi connectivity index (χ0n) is 21.6. The normalized spacial score (nSPS) is 21.9. The van der Waals surface area contributed by atoms with E-state index in [1.54, 1.807) is 17.0 Å². The quantitative estimate of drug-likeness (QED) is 0.259. The van der Waals surface area contributed by atoms with E-state index in [0.717, 1.165) is 11.1 Å². The van der Waals surface area contributed by atoms with Crippen LogP contribution in [-0.4, -0.2) is 37.3 Å². The molecular weight excluding hydrogens is 490 g/mol. The first-order valence-corrected chi connectivity index (χ1v) is 12.7. The largest absolute Gasteiger partial charge is 0.497 e. The fourth-order valence-electron chi connectivity index (χ4n) is 5.76. The second-order valence-electron chi connectivity index (χ2n) is 9.47. The van der Waals surface area contributed by atoms with Crippen LogP contribution < -0.4 is 14.6 Å². The third-order valence-corrected chi connectivity index (χ3v) is 7.48. The third-order valence-electron chi connectivity index (χ3n) is 7.48. The first-order valence-electron chi connectivity index (χ1n) is 12.7. The molecule has 2 aliphatic heterocycles. The Morgan fingerprint density at radius 3 is 1.95 bits per heavy atom. The van der Waals surface area contributed by atoms with Crippen molar-refractivity contribution in [2.45, 2.75) is 11.6 Å². The smallest absolute Gasteiger partial charge is 0.318 e. The minimum atomic E-state index is -1.39. The van der Waals surface area contributed by atoms with E-state index >= 15 is 0 Å². The Balaban J connectivity index is 1.61. The van der Waals surface area contributed by atoms with Crippen molar-refractivity contribution in [1.29, 1.82) is 0 Å². The fourth-order valence-corrected chi connectivity index (χ4v) is 5.76. The molecule has 3 atom stereocenters. The second kappa shape index (κ2) is 9.76. The summed E-state index contributed by atoms with van der Waals surface area (Å²) in [5.74, 6) is -1.04. The molecule has 194 valence electrons. The number of hydrazone groups is 1. The number of hydrogen-bond donors (Lipinski definition) is 0. The second-order valence-corrected chi connectivity index (χ2v) is 9.47. The van der Waals surface area contributed by atoms with Crippen molar-refractivity contribution in [1.82, 2.24) is 0 Å². The van der Waals surface area contributed by atoms with Crippen molar-refractivity contribution < 1.29 is 19.1 Å². The molecule has 0 saturated carbocycles. The van der Waals surface area contributed by atoms with Gasteiger partial charge in [0.05, 0.1) is 31.7 Å². The van der Waals surface area contributed by atoms with Gasteiger partial charge in [0.15, 0.2) is 5.54 Å². The minimum absolute atomic E-state index is 0.240. The molecule has 1 fully saturated rings. The van der Waals surface area contributed by atoms with Crippen molar-refractivity contribution in [2.75, 3.05) is 24.1 Å². The number of carbonyl (C=O) groups excluding carboxylic acids is 2. The van der Waals surface area contributed by atoms with E-state index in [-0.39, 0.29) is 5.91 Å². The van der Waals surface area contributed by atoms with Crippen LogP contribution >= 0.6 is 0 Å². The molecule has 7 heteroatoms. The van der Waals surface area contributed by atoms with Crippen LogP contribution in [0.4, 0.5) is 11.4 Å². The molecule has 4 aromatic rings. The molecule has 1 unspecified atom stereocenters. The zero-order valence-corrected chi connectivity index (χ0v) is 21.6. The van der Waals surface area contributed by atoms with Gasteiger partial charge in [0.25, 0.3) is 5.91 Å². The molecule has 39 heavy (non-hydrogen) atoms. The maximum absolute atomic E-state index is 14.7. The summed E-state index contributed by atoms with van der Waals surface area (Å²) in [4.78, 5) is 30.1. The van der Waals surface area contributed by atoms with Gasteiger partial charge in [0.1, 0.15) is 11.7 Å². The maximum Gasteiger partial charge on any atom is 0.318 e. The average Bonchev–Trinajstić information content (AvgIpc) is 3.39. The Kier molecular flexibility index (Phi) is 6.11. The van der Waals surface area contributed by atoms with Crippen LogP contribution in [0.25, 0.3) is 0 Å². The van der Waals surface area contributed by atoms with E-state index < -0.39 is 23.5 Å². The Hall–Kier alpha value is -4.91. The summed E-state index contributed by atoms with van der Waals surface area (Å²) in [5, 5.41) is 6.75.